The molecule has 2 N–H and O–H groups in total. The fourth-order valence-corrected chi connectivity index (χ4v) is 3.85. The van der Waals surface area contributed by atoms with E-state index in [0.717, 1.165) is 18.2 Å². The second kappa shape index (κ2) is 6.44. The molecule has 3 aromatic rings. The molecule has 0 radical (unpaired) electrons. The van der Waals surface area contributed by atoms with Gasteiger partial charge in [0, 0.05) is 11.1 Å². The lowest BCUT2D eigenvalue weighted by Gasteiger charge is -2.13. The Morgan fingerprint density at radius 1 is 1.15 bits per heavy atom. The highest BCUT2D eigenvalue weighted by Gasteiger charge is 2.19. The molecule has 0 saturated carbocycles. The van der Waals surface area contributed by atoms with Crippen LogP contribution >= 0.6 is 0 Å². The van der Waals surface area contributed by atoms with E-state index in [1.807, 2.05) is 0 Å². The zero-order valence-corrected chi connectivity index (χ0v) is 15.1. The topological polar surface area (TPSA) is 137 Å². The number of anilines is 1. The summed E-state index contributed by atoms with van der Waals surface area (Å²) in [5.41, 5.74) is 0.311. The van der Waals surface area contributed by atoms with Gasteiger partial charge in [0.25, 0.3) is 10.0 Å². The Kier molecular flexibility index (Phi) is 4.40. The van der Waals surface area contributed by atoms with E-state index >= 15 is 0 Å². The molecular formula is C18H14NO7S-. The first kappa shape index (κ1) is 18.5. The van der Waals surface area contributed by atoms with Gasteiger partial charge in [0.15, 0.2) is 5.78 Å². The summed E-state index contributed by atoms with van der Waals surface area (Å²) in [6.45, 7) is 3.02. The number of hydrogen-bond acceptors (Lipinski definition) is 6. The third-order valence-corrected chi connectivity index (χ3v) is 5.34. The van der Waals surface area contributed by atoms with Crippen LogP contribution in [0.25, 0.3) is 11.0 Å². The number of Topliss-reactive ketones (excluding diaryl/α,β-unsaturated/α-hetero) is 1. The number of carbonyl (C=O) groups is 2. The zero-order chi connectivity index (χ0) is 19.9. The van der Waals surface area contributed by atoms with Gasteiger partial charge in [-0.3, -0.25) is 9.52 Å². The molecule has 0 amide bonds. The summed E-state index contributed by atoms with van der Waals surface area (Å²) >= 11 is 0. The number of aryl methyl sites for hydroxylation is 1. The molecule has 0 unspecified atom stereocenters. The predicted octanol–water partition coefficient (Wildman–Crippen LogP) is 2.52. The molecule has 3 rings (SSSR count). The second-order valence-corrected chi connectivity index (χ2v) is 7.55. The van der Waals surface area contributed by atoms with Crippen molar-refractivity contribution in [1.82, 2.24) is 0 Å². The van der Waals surface area contributed by atoms with Crippen molar-refractivity contribution in [3.05, 3.63) is 53.3 Å². The number of nitrogens with one attached hydrogen (secondary N) is 1. The van der Waals surface area contributed by atoms with Crippen LogP contribution in [0.3, 0.4) is 0 Å². The fraction of sp³-hybridized carbons (Fsp3) is 0.111. The standard InChI is InChI=1S/C18H15NO7S/c1-9(20)17-10(2)26-16-6-3-11(7-14(16)17)19-27(24,25)12-4-5-15(21)13(8-12)18(22)23/h3-8,19,21H,1-2H3,(H,22,23)/p-1. The summed E-state index contributed by atoms with van der Waals surface area (Å²) < 4.78 is 32.9. The molecule has 0 fully saturated rings. The highest BCUT2D eigenvalue weighted by molar-refractivity contribution is 7.92. The average Bonchev–Trinajstić information content (AvgIpc) is 2.89. The molecule has 140 valence electrons. The number of hydrogen-bond donors (Lipinski definition) is 2. The van der Waals surface area contributed by atoms with Gasteiger partial charge in [0.05, 0.1) is 16.0 Å². The largest absolute Gasteiger partial charge is 0.872 e. The third kappa shape index (κ3) is 3.36. The first-order valence-corrected chi connectivity index (χ1v) is 9.20. The van der Waals surface area contributed by atoms with Gasteiger partial charge in [-0.1, -0.05) is 11.8 Å². The summed E-state index contributed by atoms with van der Waals surface area (Å²) in [6, 6.07) is 7.14. The minimum atomic E-state index is -4.15. The number of sulfonamides is 1. The Labute approximate surface area is 154 Å². The van der Waals surface area contributed by atoms with Gasteiger partial charge < -0.3 is 14.6 Å². The monoisotopic (exact) mass is 388 g/mol. The van der Waals surface area contributed by atoms with Crippen LogP contribution in [-0.4, -0.2) is 25.3 Å². The second-order valence-electron chi connectivity index (χ2n) is 5.87. The third-order valence-electron chi connectivity index (χ3n) is 3.96. The van der Waals surface area contributed by atoms with Crippen LogP contribution in [0.1, 0.15) is 33.4 Å². The Morgan fingerprint density at radius 3 is 2.48 bits per heavy atom. The summed E-state index contributed by atoms with van der Waals surface area (Å²) in [6.07, 6.45) is 0. The lowest BCUT2D eigenvalue weighted by Crippen LogP contribution is -2.14. The van der Waals surface area contributed by atoms with Crippen molar-refractivity contribution >= 4 is 38.4 Å². The SMILES string of the molecule is CC(=O)c1c(C)oc2ccc(NS(=O)(=O)c3ccc([O-])c(C(=O)O)c3)cc12. The van der Waals surface area contributed by atoms with Crippen LogP contribution in [0.5, 0.6) is 5.75 Å². The number of carboxylic acid groups (broad SMARTS) is 1. The van der Waals surface area contributed by atoms with Crippen LogP contribution in [-0.2, 0) is 10.0 Å². The van der Waals surface area contributed by atoms with Crippen molar-refractivity contribution in [1.29, 1.82) is 0 Å². The van der Waals surface area contributed by atoms with E-state index in [1.165, 1.54) is 25.1 Å². The van der Waals surface area contributed by atoms with Crippen molar-refractivity contribution in [3.63, 3.8) is 0 Å². The van der Waals surface area contributed by atoms with Gasteiger partial charge in [-0.15, -0.1) is 0 Å². The smallest absolute Gasteiger partial charge is 0.335 e. The first-order chi connectivity index (χ1) is 12.6. The molecule has 2 aromatic carbocycles. The van der Waals surface area contributed by atoms with Crippen molar-refractivity contribution in [2.45, 2.75) is 18.7 Å². The molecule has 0 saturated heterocycles. The molecule has 0 aliphatic carbocycles. The van der Waals surface area contributed by atoms with E-state index in [1.54, 1.807) is 6.92 Å². The number of furan rings is 1. The van der Waals surface area contributed by atoms with E-state index in [2.05, 4.69) is 4.72 Å². The molecule has 0 spiro atoms. The fourth-order valence-electron chi connectivity index (χ4n) is 2.78. The summed E-state index contributed by atoms with van der Waals surface area (Å²) in [5.74, 6) is -2.10. The molecule has 27 heavy (non-hydrogen) atoms. The quantitative estimate of drug-likeness (QED) is 0.641. The number of carboxylic acids is 1. The van der Waals surface area contributed by atoms with Crippen LogP contribution in [0.2, 0.25) is 0 Å². The van der Waals surface area contributed by atoms with Crippen LogP contribution < -0.4 is 9.83 Å². The maximum Gasteiger partial charge on any atom is 0.335 e. The number of aromatic carboxylic acids is 1. The van der Waals surface area contributed by atoms with Crippen molar-refractivity contribution in [2.24, 2.45) is 0 Å². The number of rotatable bonds is 5. The molecule has 0 aliphatic heterocycles. The van der Waals surface area contributed by atoms with Crippen molar-refractivity contribution in [3.8, 4) is 5.75 Å². The van der Waals surface area contributed by atoms with Crippen molar-refractivity contribution in [2.75, 3.05) is 4.72 Å². The molecule has 0 atom stereocenters. The Morgan fingerprint density at radius 2 is 1.85 bits per heavy atom. The van der Waals surface area contributed by atoms with E-state index in [4.69, 9.17) is 9.52 Å². The zero-order valence-electron chi connectivity index (χ0n) is 14.3. The molecule has 0 aliphatic rings. The van der Waals surface area contributed by atoms with E-state index in [9.17, 15) is 23.1 Å². The summed E-state index contributed by atoms with van der Waals surface area (Å²) in [7, 11) is -4.15. The minimum Gasteiger partial charge on any atom is -0.872 e. The highest BCUT2D eigenvalue weighted by atomic mass is 32.2. The normalized spacial score (nSPS) is 11.5. The van der Waals surface area contributed by atoms with Gasteiger partial charge in [0.1, 0.15) is 11.3 Å². The average molecular weight is 388 g/mol. The highest BCUT2D eigenvalue weighted by Crippen LogP contribution is 2.30. The summed E-state index contributed by atoms with van der Waals surface area (Å²) in [5, 5.41) is 21.0. The molecular weight excluding hydrogens is 374 g/mol. The number of ketones is 1. The van der Waals surface area contributed by atoms with E-state index < -0.39 is 27.3 Å². The van der Waals surface area contributed by atoms with Crippen molar-refractivity contribution < 1.29 is 32.6 Å². The predicted molar refractivity (Wildman–Crippen MR) is 94.6 cm³/mol. The summed E-state index contributed by atoms with van der Waals surface area (Å²) in [4.78, 5) is 22.5. The maximum absolute atomic E-state index is 12.6. The Balaban J connectivity index is 2.04. The van der Waals surface area contributed by atoms with E-state index in [-0.39, 0.29) is 16.4 Å². The van der Waals surface area contributed by atoms with Crippen LogP contribution in [0.4, 0.5) is 5.69 Å². The molecule has 8 nitrogen and oxygen atoms in total. The Hall–Kier alpha value is -3.33. The molecule has 1 heterocycles. The van der Waals surface area contributed by atoms with Crippen LogP contribution in [0, 0.1) is 6.92 Å². The lowest BCUT2D eigenvalue weighted by molar-refractivity contribution is -0.268. The van der Waals surface area contributed by atoms with Crippen LogP contribution in [0.15, 0.2) is 45.7 Å². The number of benzene rings is 2. The van der Waals surface area contributed by atoms with E-state index in [0.29, 0.717) is 22.3 Å². The first-order valence-electron chi connectivity index (χ1n) is 7.71. The Bertz CT molecular complexity index is 1190. The molecule has 0 bridgehead atoms. The number of carbonyl (C=O) groups excluding carboxylic acids is 1. The van der Waals surface area contributed by atoms with Gasteiger partial charge in [-0.05, 0) is 44.2 Å². The number of fused-ring (bicyclic) bond motifs is 1. The van der Waals surface area contributed by atoms with Gasteiger partial charge >= 0.3 is 5.97 Å². The maximum atomic E-state index is 12.6. The van der Waals surface area contributed by atoms with Gasteiger partial charge in [-0.25, -0.2) is 13.2 Å². The van der Waals surface area contributed by atoms with Gasteiger partial charge in [0.2, 0.25) is 0 Å². The molecule has 1 aromatic heterocycles. The minimum absolute atomic E-state index is 0.161. The van der Waals surface area contributed by atoms with Gasteiger partial charge in [-0.2, -0.15) is 0 Å². The molecule has 9 heteroatoms. The lowest BCUT2D eigenvalue weighted by atomic mass is 10.1.